The molecule has 4 heteroatoms. The van der Waals surface area contributed by atoms with Crippen molar-refractivity contribution in [2.45, 2.75) is 76.9 Å². The Kier molecular flexibility index (Phi) is 4.96. The van der Waals surface area contributed by atoms with Gasteiger partial charge >= 0.3 is 0 Å². The van der Waals surface area contributed by atoms with Crippen molar-refractivity contribution < 1.29 is 4.79 Å². The van der Waals surface area contributed by atoms with Gasteiger partial charge in [-0.3, -0.25) is 4.79 Å². The second-order valence-electron chi connectivity index (χ2n) is 6.46. The van der Waals surface area contributed by atoms with Crippen LogP contribution in [0.2, 0.25) is 0 Å². The summed E-state index contributed by atoms with van der Waals surface area (Å²) in [6, 6.07) is 2.62. The lowest BCUT2D eigenvalue weighted by atomic mass is 9.95. The Hall–Kier alpha value is -0.870. The molecule has 0 bridgehead atoms. The van der Waals surface area contributed by atoms with Crippen molar-refractivity contribution in [2.24, 2.45) is 0 Å². The summed E-state index contributed by atoms with van der Waals surface area (Å²) in [7, 11) is 0. The quantitative estimate of drug-likeness (QED) is 0.877. The van der Waals surface area contributed by atoms with Gasteiger partial charge in [-0.05, 0) is 50.7 Å². The molecule has 1 aromatic heterocycles. The van der Waals surface area contributed by atoms with Crippen LogP contribution in [0.4, 0.5) is 0 Å². The minimum Gasteiger partial charge on any atom is -0.352 e. The smallest absolute Gasteiger partial charge is 0.237 e. The topological polar surface area (TPSA) is 41.1 Å². The number of thiophene rings is 1. The van der Waals surface area contributed by atoms with Crippen molar-refractivity contribution in [1.29, 1.82) is 0 Å². The van der Waals surface area contributed by atoms with Crippen LogP contribution in [0.25, 0.3) is 0 Å². The van der Waals surface area contributed by atoms with Gasteiger partial charge in [0.15, 0.2) is 0 Å². The first-order valence-corrected chi connectivity index (χ1v) is 9.18. The van der Waals surface area contributed by atoms with E-state index in [9.17, 15) is 4.79 Å². The molecule has 2 aliphatic carbocycles. The SMILES string of the molecule is CC(NCc1cc2c(s1)CCC2)C(=O)NC1CCCCC1. The van der Waals surface area contributed by atoms with E-state index >= 15 is 0 Å². The van der Waals surface area contributed by atoms with Crippen LogP contribution in [0.5, 0.6) is 0 Å². The van der Waals surface area contributed by atoms with Crippen molar-refractivity contribution in [1.82, 2.24) is 10.6 Å². The van der Waals surface area contributed by atoms with Crippen molar-refractivity contribution >= 4 is 17.2 Å². The summed E-state index contributed by atoms with van der Waals surface area (Å²) in [6.07, 6.45) is 9.94. The summed E-state index contributed by atoms with van der Waals surface area (Å²) in [4.78, 5) is 15.1. The van der Waals surface area contributed by atoms with Crippen LogP contribution in [0, 0.1) is 0 Å². The fourth-order valence-corrected chi connectivity index (χ4v) is 4.61. The first-order chi connectivity index (χ1) is 10.2. The van der Waals surface area contributed by atoms with Gasteiger partial charge < -0.3 is 10.6 Å². The average Bonchev–Trinajstić information content (AvgIpc) is 3.06. The van der Waals surface area contributed by atoms with Crippen molar-refractivity contribution in [3.63, 3.8) is 0 Å². The van der Waals surface area contributed by atoms with Gasteiger partial charge in [-0.1, -0.05) is 19.3 Å². The van der Waals surface area contributed by atoms with Crippen LogP contribution in [-0.4, -0.2) is 18.0 Å². The van der Waals surface area contributed by atoms with Crippen LogP contribution in [0.3, 0.4) is 0 Å². The van der Waals surface area contributed by atoms with Crippen LogP contribution in [0.15, 0.2) is 6.07 Å². The number of hydrogen-bond donors (Lipinski definition) is 2. The molecule has 0 spiro atoms. The zero-order valence-corrected chi connectivity index (χ0v) is 13.7. The van der Waals surface area contributed by atoms with E-state index in [1.54, 1.807) is 4.88 Å². The fourth-order valence-electron chi connectivity index (χ4n) is 3.40. The van der Waals surface area contributed by atoms with Crippen LogP contribution in [0.1, 0.15) is 60.8 Å². The molecule has 21 heavy (non-hydrogen) atoms. The molecule has 3 nitrogen and oxygen atoms in total. The van der Waals surface area contributed by atoms with Crippen LogP contribution in [-0.2, 0) is 24.2 Å². The Bertz CT molecular complexity index is 469. The molecule has 116 valence electrons. The van der Waals surface area contributed by atoms with Gasteiger partial charge in [0.25, 0.3) is 0 Å². The lowest BCUT2D eigenvalue weighted by molar-refractivity contribution is -0.123. The number of carbonyl (C=O) groups is 1. The molecule has 2 aliphatic rings. The Balaban J connectivity index is 1.44. The zero-order valence-electron chi connectivity index (χ0n) is 12.9. The van der Waals surface area contributed by atoms with E-state index in [-0.39, 0.29) is 11.9 Å². The molecule has 2 N–H and O–H groups in total. The molecular formula is C17H26N2OS. The molecule has 0 aliphatic heterocycles. The molecule has 3 rings (SSSR count). The third-order valence-electron chi connectivity index (χ3n) is 4.72. The third-order valence-corrected chi connectivity index (χ3v) is 5.96. The first-order valence-electron chi connectivity index (χ1n) is 8.36. The van der Waals surface area contributed by atoms with E-state index < -0.39 is 0 Å². The van der Waals surface area contributed by atoms with Gasteiger partial charge in [0.2, 0.25) is 5.91 Å². The minimum atomic E-state index is -0.108. The molecule has 0 radical (unpaired) electrons. The number of fused-ring (bicyclic) bond motifs is 1. The second kappa shape index (κ2) is 6.93. The normalized spacial score (nSPS) is 20.2. The maximum Gasteiger partial charge on any atom is 0.237 e. The summed E-state index contributed by atoms with van der Waals surface area (Å²) >= 11 is 1.92. The highest BCUT2D eigenvalue weighted by molar-refractivity contribution is 7.12. The summed E-state index contributed by atoms with van der Waals surface area (Å²) in [5, 5.41) is 6.57. The Labute approximate surface area is 131 Å². The van der Waals surface area contributed by atoms with Crippen LogP contribution < -0.4 is 10.6 Å². The number of carbonyl (C=O) groups excluding carboxylic acids is 1. The predicted octanol–water partition coefficient (Wildman–Crippen LogP) is 3.16. The molecule has 1 fully saturated rings. The Morgan fingerprint density at radius 2 is 2.10 bits per heavy atom. The molecule has 1 heterocycles. The van der Waals surface area contributed by atoms with Crippen molar-refractivity contribution in [3.05, 3.63) is 21.4 Å². The van der Waals surface area contributed by atoms with Gasteiger partial charge in [-0.15, -0.1) is 11.3 Å². The highest BCUT2D eigenvalue weighted by Crippen LogP contribution is 2.30. The summed E-state index contributed by atoms with van der Waals surface area (Å²) < 4.78 is 0. The summed E-state index contributed by atoms with van der Waals surface area (Å²) in [6.45, 7) is 2.79. The monoisotopic (exact) mass is 306 g/mol. The summed E-state index contributed by atoms with van der Waals surface area (Å²) in [5.41, 5.74) is 1.54. The molecule has 1 unspecified atom stereocenters. The average molecular weight is 306 g/mol. The molecule has 1 atom stereocenters. The van der Waals surface area contributed by atoms with Gasteiger partial charge in [-0.25, -0.2) is 0 Å². The zero-order chi connectivity index (χ0) is 14.7. The molecule has 0 saturated heterocycles. The maximum atomic E-state index is 12.2. The van der Waals surface area contributed by atoms with E-state index in [1.807, 2.05) is 18.3 Å². The number of amides is 1. The maximum absolute atomic E-state index is 12.2. The molecular weight excluding hydrogens is 280 g/mol. The minimum absolute atomic E-state index is 0.108. The van der Waals surface area contributed by atoms with Crippen molar-refractivity contribution in [3.8, 4) is 0 Å². The number of rotatable bonds is 5. The van der Waals surface area contributed by atoms with E-state index in [1.165, 1.54) is 49.0 Å². The van der Waals surface area contributed by atoms with E-state index in [4.69, 9.17) is 0 Å². The predicted molar refractivity (Wildman–Crippen MR) is 87.7 cm³/mol. The number of aryl methyl sites for hydroxylation is 2. The molecule has 1 aromatic rings. The molecule has 1 saturated carbocycles. The lowest BCUT2D eigenvalue weighted by Crippen LogP contribution is -2.46. The van der Waals surface area contributed by atoms with Crippen molar-refractivity contribution in [2.75, 3.05) is 0 Å². The van der Waals surface area contributed by atoms with Crippen LogP contribution >= 0.6 is 11.3 Å². The van der Waals surface area contributed by atoms with Gasteiger partial charge in [0, 0.05) is 22.3 Å². The Morgan fingerprint density at radius 1 is 1.29 bits per heavy atom. The largest absolute Gasteiger partial charge is 0.352 e. The van der Waals surface area contributed by atoms with E-state index in [0.29, 0.717) is 6.04 Å². The van der Waals surface area contributed by atoms with Gasteiger partial charge in [-0.2, -0.15) is 0 Å². The van der Waals surface area contributed by atoms with Gasteiger partial charge in [0.1, 0.15) is 0 Å². The Morgan fingerprint density at radius 3 is 2.86 bits per heavy atom. The molecule has 1 amide bonds. The lowest BCUT2D eigenvalue weighted by Gasteiger charge is -2.24. The number of hydrogen-bond acceptors (Lipinski definition) is 3. The first kappa shape index (κ1) is 15.0. The highest BCUT2D eigenvalue weighted by Gasteiger charge is 2.20. The number of nitrogens with one attached hydrogen (secondary N) is 2. The summed E-state index contributed by atoms with van der Waals surface area (Å²) in [5.74, 6) is 0.158. The fraction of sp³-hybridized carbons (Fsp3) is 0.706. The highest BCUT2D eigenvalue weighted by atomic mass is 32.1. The standard InChI is InChI=1S/C17H26N2OS/c1-12(17(20)19-14-7-3-2-4-8-14)18-11-15-10-13-6-5-9-16(13)21-15/h10,12,14,18H,2-9,11H2,1H3,(H,19,20). The van der Waals surface area contributed by atoms with Gasteiger partial charge in [0.05, 0.1) is 6.04 Å². The molecule has 0 aromatic carbocycles. The van der Waals surface area contributed by atoms with E-state index in [2.05, 4.69) is 16.7 Å². The third kappa shape index (κ3) is 3.86. The van der Waals surface area contributed by atoms with E-state index in [0.717, 1.165) is 19.4 Å². The second-order valence-corrected chi connectivity index (χ2v) is 7.68.